The molecule has 0 spiro atoms. The summed E-state index contributed by atoms with van der Waals surface area (Å²) in [4.78, 5) is 10.9. The number of hydrogen-bond acceptors (Lipinski definition) is 3. The van der Waals surface area contributed by atoms with Crippen molar-refractivity contribution < 1.29 is 4.74 Å². The molecule has 0 radical (unpaired) electrons. The van der Waals surface area contributed by atoms with E-state index in [0.29, 0.717) is 25.0 Å². The highest BCUT2D eigenvalue weighted by atomic mass is 127. The third-order valence-electron chi connectivity index (χ3n) is 3.78. The summed E-state index contributed by atoms with van der Waals surface area (Å²) >= 11 is 0. The van der Waals surface area contributed by atoms with Crippen LogP contribution in [0.3, 0.4) is 0 Å². The largest absolute Gasteiger partial charge is 0.478 e. The van der Waals surface area contributed by atoms with Crippen LogP contribution in [-0.4, -0.2) is 35.5 Å². The van der Waals surface area contributed by atoms with Crippen molar-refractivity contribution in [3.8, 4) is 5.88 Å². The lowest BCUT2D eigenvalue weighted by Gasteiger charge is -2.31. The predicted octanol–water partition coefficient (Wildman–Crippen LogP) is 3.04. The molecule has 2 rings (SSSR count). The molecule has 2 N–H and O–H groups in total. The third-order valence-corrected chi connectivity index (χ3v) is 3.78. The Morgan fingerprint density at radius 3 is 2.73 bits per heavy atom. The summed E-state index contributed by atoms with van der Waals surface area (Å²) in [6.07, 6.45) is 5.18. The van der Waals surface area contributed by atoms with Gasteiger partial charge in [0.15, 0.2) is 5.96 Å². The molecular formula is C16H27IN4O. The van der Waals surface area contributed by atoms with Crippen molar-refractivity contribution in [1.29, 1.82) is 0 Å². The lowest BCUT2D eigenvalue weighted by Crippen LogP contribution is -2.42. The van der Waals surface area contributed by atoms with Gasteiger partial charge in [0, 0.05) is 25.4 Å². The summed E-state index contributed by atoms with van der Waals surface area (Å²) in [5.74, 6) is 2.12. The lowest BCUT2D eigenvalue weighted by molar-refractivity contribution is 0.277. The maximum Gasteiger partial charge on any atom is 0.213 e. The molecule has 1 aliphatic heterocycles. The van der Waals surface area contributed by atoms with Crippen molar-refractivity contribution in [3.05, 3.63) is 23.9 Å². The number of nitrogens with zero attached hydrogens (tertiary/aromatic N) is 3. The van der Waals surface area contributed by atoms with Gasteiger partial charge in [-0.3, -0.25) is 0 Å². The van der Waals surface area contributed by atoms with Crippen molar-refractivity contribution in [2.24, 2.45) is 16.6 Å². The number of hydrogen-bond donors (Lipinski definition) is 1. The van der Waals surface area contributed by atoms with Crippen molar-refractivity contribution in [2.45, 2.75) is 39.7 Å². The first kappa shape index (κ1) is 19.0. The number of halogens is 1. The monoisotopic (exact) mass is 418 g/mol. The fourth-order valence-corrected chi connectivity index (χ4v) is 2.31. The van der Waals surface area contributed by atoms with Gasteiger partial charge in [-0.15, -0.1) is 24.0 Å². The van der Waals surface area contributed by atoms with Crippen LogP contribution in [-0.2, 0) is 6.54 Å². The van der Waals surface area contributed by atoms with Gasteiger partial charge in [-0.05, 0) is 30.7 Å². The standard InChI is InChI=1S/C16H26N4O.HI/c1-3-10-21-15-5-4-14(11-18-15)12-19-16(17)20-8-6-13(2)7-9-20;/h4-5,11,13H,3,6-10,12H2,1-2H3,(H2,17,19);1H. The minimum absolute atomic E-state index is 0. The number of rotatable bonds is 5. The molecule has 1 aromatic rings. The van der Waals surface area contributed by atoms with Gasteiger partial charge in [0.2, 0.25) is 5.88 Å². The van der Waals surface area contributed by atoms with Crippen LogP contribution < -0.4 is 10.5 Å². The van der Waals surface area contributed by atoms with E-state index in [1.54, 1.807) is 6.20 Å². The molecule has 5 nitrogen and oxygen atoms in total. The molecule has 0 unspecified atom stereocenters. The SMILES string of the molecule is CCCOc1ccc(CN=C(N)N2CCC(C)CC2)cn1.I. The van der Waals surface area contributed by atoms with Gasteiger partial charge in [0.1, 0.15) is 0 Å². The quantitative estimate of drug-likeness (QED) is 0.454. The van der Waals surface area contributed by atoms with E-state index < -0.39 is 0 Å². The Morgan fingerprint density at radius 1 is 1.41 bits per heavy atom. The maximum absolute atomic E-state index is 6.07. The topological polar surface area (TPSA) is 63.7 Å². The van der Waals surface area contributed by atoms with Crippen LogP contribution in [0.15, 0.2) is 23.3 Å². The molecular weight excluding hydrogens is 391 g/mol. The second-order valence-electron chi connectivity index (χ2n) is 5.70. The fraction of sp³-hybridized carbons (Fsp3) is 0.625. The molecule has 1 aromatic heterocycles. The number of likely N-dealkylation sites (tertiary alicyclic amines) is 1. The smallest absolute Gasteiger partial charge is 0.213 e. The number of piperidine rings is 1. The Balaban J connectivity index is 0.00000242. The summed E-state index contributed by atoms with van der Waals surface area (Å²) < 4.78 is 5.46. The number of nitrogens with two attached hydrogens (primary N) is 1. The van der Waals surface area contributed by atoms with Crippen molar-refractivity contribution >= 4 is 29.9 Å². The lowest BCUT2D eigenvalue weighted by atomic mass is 10.00. The summed E-state index contributed by atoms with van der Waals surface area (Å²) in [5, 5.41) is 0. The molecule has 0 saturated carbocycles. The molecule has 1 fully saturated rings. The fourth-order valence-electron chi connectivity index (χ4n) is 2.31. The van der Waals surface area contributed by atoms with Gasteiger partial charge < -0.3 is 15.4 Å². The van der Waals surface area contributed by atoms with E-state index in [4.69, 9.17) is 10.5 Å². The van der Waals surface area contributed by atoms with E-state index in [0.717, 1.165) is 31.0 Å². The van der Waals surface area contributed by atoms with Crippen molar-refractivity contribution in [1.82, 2.24) is 9.88 Å². The molecule has 1 aliphatic rings. The minimum Gasteiger partial charge on any atom is -0.478 e. The van der Waals surface area contributed by atoms with Crippen LogP contribution >= 0.6 is 24.0 Å². The Bertz CT molecular complexity index is 456. The Labute approximate surface area is 150 Å². The number of aliphatic imine (C=N–C) groups is 1. The molecule has 124 valence electrons. The van der Waals surface area contributed by atoms with Crippen molar-refractivity contribution in [2.75, 3.05) is 19.7 Å². The molecule has 0 bridgehead atoms. The maximum atomic E-state index is 6.07. The van der Waals surface area contributed by atoms with Gasteiger partial charge >= 0.3 is 0 Å². The Kier molecular flexibility index (Phi) is 8.52. The molecule has 0 amide bonds. The number of ether oxygens (including phenoxy) is 1. The highest BCUT2D eigenvalue weighted by molar-refractivity contribution is 14.0. The number of aromatic nitrogens is 1. The highest BCUT2D eigenvalue weighted by Crippen LogP contribution is 2.15. The normalized spacial score (nSPS) is 16.3. The van der Waals surface area contributed by atoms with Crippen LogP contribution in [0, 0.1) is 5.92 Å². The predicted molar refractivity (Wildman–Crippen MR) is 101 cm³/mol. The zero-order chi connectivity index (χ0) is 15.1. The molecule has 6 heteroatoms. The van der Waals surface area contributed by atoms with Crippen LogP contribution in [0.4, 0.5) is 0 Å². The zero-order valence-electron chi connectivity index (χ0n) is 13.5. The van der Waals surface area contributed by atoms with E-state index in [1.807, 2.05) is 12.1 Å². The zero-order valence-corrected chi connectivity index (χ0v) is 15.8. The molecule has 1 saturated heterocycles. The first-order chi connectivity index (χ1) is 10.2. The van der Waals surface area contributed by atoms with Gasteiger partial charge in [-0.2, -0.15) is 0 Å². The summed E-state index contributed by atoms with van der Waals surface area (Å²) in [7, 11) is 0. The first-order valence-corrected chi connectivity index (χ1v) is 7.81. The molecule has 22 heavy (non-hydrogen) atoms. The number of pyridine rings is 1. The minimum atomic E-state index is 0. The van der Waals surface area contributed by atoms with Crippen LogP contribution in [0.5, 0.6) is 5.88 Å². The van der Waals surface area contributed by atoms with Crippen molar-refractivity contribution in [3.63, 3.8) is 0 Å². The number of guanidine groups is 1. The summed E-state index contributed by atoms with van der Waals surface area (Å²) in [6.45, 7) is 7.66. The van der Waals surface area contributed by atoms with E-state index in [2.05, 4.69) is 28.7 Å². The van der Waals surface area contributed by atoms with Crippen LogP contribution in [0.2, 0.25) is 0 Å². The molecule has 2 heterocycles. The van der Waals surface area contributed by atoms with Gasteiger partial charge in [-0.1, -0.05) is 19.9 Å². The second kappa shape index (κ2) is 9.86. The third kappa shape index (κ3) is 5.98. The van der Waals surface area contributed by atoms with E-state index >= 15 is 0 Å². The average Bonchev–Trinajstić information content (AvgIpc) is 2.52. The summed E-state index contributed by atoms with van der Waals surface area (Å²) in [6, 6.07) is 3.88. The average molecular weight is 418 g/mol. The Hall–Kier alpha value is -1.05. The summed E-state index contributed by atoms with van der Waals surface area (Å²) in [5.41, 5.74) is 7.12. The second-order valence-corrected chi connectivity index (χ2v) is 5.70. The van der Waals surface area contributed by atoms with Gasteiger partial charge in [0.25, 0.3) is 0 Å². The van der Waals surface area contributed by atoms with E-state index in [9.17, 15) is 0 Å². The molecule has 0 aliphatic carbocycles. The highest BCUT2D eigenvalue weighted by Gasteiger charge is 2.16. The first-order valence-electron chi connectivity index (χ1n) is 7.81. The molecule has 0 aromatic carbocycles. The van der Waals surface area contributed by atoms with E-state index in [-0.39, 0.29) is 24.0 Å². The van der Waals surface area contributed by atoms with Crippen LogP contribution in [0.1, 0.15) is 38.7 Å². The Morgan fingerprint density at radius 2 is 2.14 bits per heavy atom. The van der Waals surface area contributed by atoms with Gasteiger partial charge in [0.05, 0.1) is 13.2 Å². The molecule has 0 atom stereocenters. The van der Waals surface area contributed by atoms with E-state index in [1.165, 1.54) is 12.8 Å². The van der Waals surface area contributed by atoms with Crippen LogP contribution in [0.25, 0.3) is 0 Å². The van der Waals surface area contributed by atoms with Gasteiger partial charge in [-0.25, -0.2) is 9.98 Å².